The van der Waals surface area contributed by atoms with Crippen LogP contribution in [0.5, 0.6) is 0 Å². The number of nitrogen functional groups attached to an aromatic ring is 1. The van der Waals surface area contributed by atoms with Crippen molar-refractivity contribution >= 4 is 34.5 Å². The number of nitrogens with one attached hydrogen (secondary N) is 1. The van der Waals surface area contributed by atoms with Gasteiger partial charge < -0.3 is 11.1 Å². The van der Waals surface area contributed by atoms with Gasteiger partial charge in [0.25, 0.3) is 0 Å². The van der Waals surface area contributed by atoms with Gasteiger partial charge in [0.05, 0.1) is 17.3 Å². The van der Waals surface area contributed by atoms with Crippen LogP contribution in [0.3, 0.4) is 0 Å². The Kier molecular flexibility index (Phi) is 4.23. The van der Waals surface area contributed by atoms with Crippen molar-refractivity contribution in [3.63, 3.8) is 0 Å². The Bertz CT molecular complexity index is 553. The summed E-state index contributed by atoms with van der Waals surface area (Å²) in [5, 5.41) is 2.85. The number of anilines is 1. The molecule has 94 valence electrons. The van der Waals surface area contributed by atoms with Gasteiger partial charge in [-0.1, -0.05) is 29.8 Å². The van der Waals surface area contributed by atoms with Gasteiger partial charge in [-0.25, -0.2) is 0 Å². The fourth-order valence-electron chi connectivity index (χ4n) is 1.56. The van der Waals surface area contributed by atoms with Gasteiger partial charge in [-0.3, -0.25) is 4.79 Å². The summed E-state index contributed by atoms with van der Waals surface area (Å²) >= 11 is 7.28. The fraction of sp³-hybridized carbons (Fsp3) is 0.154. The number of para-hydroxylation sites is 1. The molecular weight excluding hydrogens is 268 g/mol. The van der Waals surface area contributed by atoms with E-state index < -0.39 is 0 Å². The summed E-state index contributed by atoms with van der Waals surface area (Å²) in [5.41, 5.74) is 7.28. The minimum atomic E-state index is -0.0441. The Morgan fingerprint density at radius 1 is 1.28 bits per heavy atom. The molecule has 0 saturated carbocycles. The first-order valence-electron chi connectivity index (χ1n) is 5.49. The van der Waals surface area contributed by atoms with Gasteiger partial charge in [-0.05, 0) is 23.8 Å². The molecule has 5 heteroatoms. The van der Waals surface area contributed by atoms with Crippen LogP contribution in [-0.4, -0.2) is 5.91 Å². The van der Waals surface area contributed by atoms with Crippen LogP contribution in [0, 0.1) is 0 Å². The summed E-state index contributed by atoms with van der Waals surface area (Å²) in [7, 11) is 0. The highest BCUT2D eigenvalue weighted by atomic mass is 35.5. The maximum Gasteiger partial charge on any atom is 0.224 e. The summed E-state index contributed by atoms with van der Waals surface area (Å²) < 4.78 is 0.728. The molecule has 0 aliphatic rings. The topological polar surface area (TPSA) is 55.1 Å². The molecule has 0 radical (unpaired) electrons. The highest BCUT2D eigenvalue weighted by Gasteiger charge is 2.06. The zero-order valence-electron chi connectivity index (χ0n) is 9.65. The van der Waals surface area contributed by atoms with Gasteiger partial charge in [-0.2, -0.15) is 0 Å². The average molecular weight is 281 g/mol. The summed E-state index contributed by atoms with van der Waals surface area (Å²) in [6.45, 7) is 0.503. The smallest absolute Gasteiger partial charge is 0.224 e. The van der Waals surface area contributed by atoms with Gasteiger partial charge in [0.2, 0.25) is 5.91 Å². The second kappa shape index (κ2) is 5.89. The van der Waals surface area contributed by atoms with E-state index in [9.17, 15) is 4.79 Å². The van der Waals surface area contributed by atoms with Gasteiger partial charge in [-0.15, -0.1) is 11.3 Å². The third kappa shape index (κ3) is 3.48. The van der Waals surface area contributed by atoms with E-state index >= 15 is 0 Å². The van der Waals surface area contributed by atoms with Crippen molar-refractivity contribution in [2.75, 3.05) is 5.73 Å². The zero-order valence-corrected chi connectivity index (χ0v) is 11.2. The van der Waals surface area contributed by atoms with Crippen molar-refractivity contribution in [2.45, 2.75) is 13.0 Å². The number of benzene rings is 1. The molecule has 1 heterocycles. The average Bonchev–Trinajstić information content (AvgIpc) is 2.76. The van der Waals surface area contributed by atoms with E-state index in [0.717, 1.165) is 14.8 Å². The zero-order chi connectivity index (χ0) is 13.0. The van der Waals surface area contributed by atoms with Crippen molar-refractivity contribution in [2.24, 2.45) is 0 Å². The molecule has 0 aliphatic heterocycles. The number of nitrogens with two attached hydrogens (primary N) is 1. The fourth-order valence-corrected chi connectivity index (χ4v) is 2.59. The van der Waals surface area contributed by atoms with Crippen molar-refractivity contribution in [1.82, 2.24) is 5.32 Å². The molecule has 1 amide bonds. The molecule has 1 aromatic carbocycles. The third-order valence-electron chi connectivity index (χ3n) is 2.49. The summed E-state index contributed by atoms with van der Waals surface area (Å²) in [6, 6.07) is 11.1. The molecule has 1 aromatic heterocycles. The molecule has 0 unspecified atom stereocenters. The largest absolute Gasteiger partial charge is 0.398 e. The van der Waals surface area contributed by atoms with E-state index in [0.29, 0.717) is 18.7 Å². The van der Waals surface area contributed by atoms with Crippen molar-refractivity contribution in [3.8, 4) is 0 Å². The standard InChI is InChI=1S/C13H13ClN2OS/c14-12-6-5-10(18-12)8-16-13(17)7-9-3-1-2-4-11(9)15/h1-6H,7-8,15H2,(H,16,17). The van der Waals surface area contributed by atoms with E-state index in [2.05, 4.69) is 5.32 Å². The van der Waals surface area contributed by atoms with E-state index in [-0.39, 0.29) is 5.91 Å². The van der Waals surface area contributed by atoms with E-state index in [1.54, 1.807) is 6.07 Å². The van der Waals surface area contributed by atoms with E-state index in [4.69, 9.17) is 17.3 Å². The lowest BCUT2D eigenvalue weighted by Crippen LogP contribution is -2.24. The first-order chi connectivity index (χ1) is 8.65. The van der Waals surface area contributed by atoms with Crippen LogP contribution in [-0.2, 0) is 17.8 Å². The number of carbonyl (C=O) groups excluding carboxylic acids is 1. The molecule has 0 aliphatic carbocycles. The maximum atomic E-state index is 11.7. The van der Waals surface area contributed by atoms with Crippen LogP contribution in [0.25, 0.3) is 0 Å². The summed E-state index contributed by atoms with van der Waals surface area (Å²) in [6.07, 6.45) is 0.297. The molecule has 0 fully saturated rings. The second-order valence-electron chi connectivity index (χ2n) is 3.86. The minimum absolute atomic E-state index is 0.0441. The Balaban J connectivity index is 1.88. The molecule has 0 atom stereocenters. The van der Waals surface area contributed by atoms with Gasteiger partial charge >= 0.3 is 0 Å². The van der Waals surface area contributed by atoms with Gasteiger partial charge in [0.15, 0.2) is 0 Å². The van der Waals surface area contributed by atoms with Crippen LogP contribution < -0.4 is 11.1 Å². The Morgan fingerprint density at radius 3 is 2.72 bits per heavy atom. The SMILES string of the molecule is Nc1ccccc1CC(=O)NCc1ccc(Cl)s1. The summed E-state index contributed by atoms with van der Waals surface area (Å²) in [4.78, 5) is 12.8. The predicted molar refractivity (Wildman–Crippen MR) is 75.7 cm³/mol. The molecule has 2 aromatic rings. The van der Waals surface area contributed by atoms with E-state index in [1.165, 1.54) is 11.3 Å². The number of carbonyl (C=O) groups is 1. The Morgan fingerprint density at radius 2 is 2.06 bits per heavy atom. The number of amides is 1. The first kappa shape index (κ1) is 12.9. The number of halogens is 1. The van der Waals surface area contributed by atoms with Gasteiger partial charge in [0, 0.05) is 10.6 Å². The number of thiophene rings is 1. The van der Waals surface area contributed by atoms with E-state index in [1.807, 2.05) is 30.3 Å². The molecule has 2 rings (SSSR count). The maximum absolute atomic E-state index is 11.7. The lowest BCUT2D eigenvalue weighted by molar-refractivity contribution is -0.120. The lowest BCUT2D eigenvalue weighted by atomic mass is 10.1. The lowest BCUT2D eigenvalue weighted by Gasteiger charge is -2.06. The van der Waals surface area contributed by atoms with Crippen LogP contribution in [0.2, 0.25) is 4.34 Å². The molecule has 3 N–H and O–H groups in total. The van der Waals surface area contributed by atoms with Crippen molar-refractivity contribution < 1.29 is 4.79 Å². The normalized spacial score (nSPS) is 10.3. The van der Waals surface area contributed by atoms with Crippen molar-refractivity contribution in [1.29, 1.82) is 0 Å². The highest BCUT2D eigenvalue weighted by Crippen LogP contribution is 2.21. The van der Waals surface area contributed by atoms with Crippen LogP contribution >= 0.6 is 22.9 Å². The molecule has 3 nitrogen and oxygen atoms in total. The third-order valence-corrected chi connectivity index (χ3v) is 3.73. The molecule has 0 saturated heterocycles. The van der Waals surface area contributed by atoms with Crippen LogP contribution in [0.1, 0.15) is 10.4 Å². The predicted octanol–water partition coefficient (Wildman–Crippen LogP) is 2.84. The monoisotopic (exact) mass is 280 g/mol. The van der Waals surface area contributed by atoms with Crippen LogP contribution in [0.15, 0.2) is 36.4 Å². The quantitative estimate of drug-likeness (QED) is 0.846. The summed E-state index contributed by atoms with van der Waals surface area (Å²) in [5.74, 6) is -0.0441. The Hall–Kier alpha value is -1.52. The second-order valence-corrected chi connectivity index (χ2v) is 5.66. The Labute approximate surface area is 115 Å². The number of hydrogen-bond acceptors (Lipinski definition) is 3. The number of rotatable bonds is 4. The first-order valence-corrected chi connectivity index (χ1v) is 6.69. The van der Waals surface area contributed by atoms with Crippen LogP contribution in [0.4, 0.5) is 5.69 Å². The van der Waals surface area contributed by atoms with Gasteiger partial charge in [0.1, 0.15) is 0 Å². The molecular formula is C13H13ClN2OS. The molecule has 0 spiro atoms. The van der Waals surface area contributed by atoms with Crippen molar-refractivity contribution in [3.05, 3.63) is 51.2 Å². The molecule has 0 bridgehead atoms. The number of hydrogen-bond donors (Lipinski definition) is 2. The highest BCUT2D eigenvalue weighted by molar-refractivity contribution is 7.16. The minimum Gasteiger partial charge on any atom is -0.398 e. The molecule has 18 heavy (non-hydrogen) atoms.